The highest BCUT2D eigenvalue weighted by molar-refractivity contribution is 6.15. The van der Waals surface area contributed by atoms with Crippen LogP contribution in [0.1, 0.15) is 16.1 Å². The van der Waals surface area contributed by atoms with E-state index in [1.54, 1.807) is 30.6 Å². The molecule has 0 saturated carbocycles. The quantitative estimate of drug-likeness (QED) is 0.671. The molecule has 0 aliphatic heterocycles. The minimum Gasteiger partial charge on any atom is -0.479 e. The summed E-state index contributed by atoms with van der Waals surface area (Å²) >= 11 is 0. The van der Waals surface area contributed by atoms with Crippen LogP contribution in [0.4, 0.5) is 0 Å². The number of ketones is 1. The van der Waals surface area contributed by atoms with E-state index in [9.17, 15) is 4.79 Å². The van der Waals surface area contributed by atoms with E-state index in [-0.39, 0.29) is 17.4 Å². The van der Waals surface area contributed by atoms with Gasteiger partial charge in [-0.2, -0.15) is 0 Å². The van der Waals surface area contributed by atoms with Crippen LogP contribution >= 0.6 is 0 Å². The Balaban J connectivity index is 2.18. The van der Waals surface area contributed by atoms with Gasteiger partial charge >= 0.3 is 0 Å². The summed E-state index contributed by atoms with van der Waals surface area (Å²) < 4.78 is 5.07. The van der Waals surface area contributed by atoms with Crippen LogP contribution in [-0.2, 0) is 0 Å². The molecular weight excluding hydrogens is 256 g/mol. The predicted octanol–water partition coefficient (Wildman–Crippen LogP) is 1.66. The van der Waals surface area contributed by atoms with Crippen LogP contribution in [0.15, 0.2) is 43.0 Å². The summed E-state index contributed by atoms with van der Waals surface area (Å²) in [6.45, 7) is 0. The molecule has 2 aromatic heterocycles. The van der Waals surface area contributed by atoms with E-state index < -0.39 is 0 Å². The second-order valence-electron chi connectivity index (χ2n) is 3.97. The van der Waals surface area contributed by atoms with Gasteiger partial charge in [-0.3, -0.25) is 14.8 Å². The van der Waals surface area contributed by atoms with Crippen LogP contribution in [0.2, 0.25) is 0 Å². The van der Waals surface area contributed by atoms with Gasteiger partial charge in [-0.15, -0.1) is 0 Å². The fourth-order valence-corrected chi connectivity index (χ4v) is 1.93. The lowest BCUT2D eigenvalue weighted by Gasteiger charge is -2.06. The first-order valence-electron chi connectivity index (χ1n) is 5.90. The monoisotopic (exact) mass is 266 g/mol. The molecule has 3 rings (SSSR count). The Morgan fingerprint density at radius 3 is 2.60 bits per heavy atom. The fourth-order valence-electron chi connectivity index (χ4n) is 1.93. The molecule has 20 heavy (non-hydrogen) atoms. The third kappa shape index (κ3) is 1.97. The molecule has 3 aromatic rings. The van der Waals surface area contributed by atoms with Crippen molar-refractivity contribution in [1.29, 1.82) is 0 Å². The van der Waals surface area contributed by atoms with Crippen molar-refractivity contribution in [2.45, 2.75) is 0 Å². The van der Waals surface area contributed by atoms with Gasteiger partial charge in [0.05, 0.1) is 23.7 Å². The van der Waals surface area contributed by atoms with Crippen LogP contribution in [0.3, 0.4) is 0 Å². The molecule has 98 valence electrons. The molecule has 0 N–H and O–H groups in total. The Bertz CT molecular complexity index is 783. The Morgan fingerprint density at radius 2 is 1.75 bits per heavy atom. The van der Waals surface area contributed by atoms with Crippen LogP contribution in [0.25, 0.3) is 11.0 Å². The molecule has 0 amide bonds. The number of para-hydroxylation sites is 1. The Hall–Kier alpha value is -2.89. The number of rotatable bonds is 3. The van der Waals surface area contributed by atoms with Gasteiger partial charge in [0.2, 0.25) is 11.7 Å². The first-order chi connectivity index (χ1) is 9.81. The lowest BCUT2D eigenvalue weighted by molar-refractivity contribution is 0.103. The van der Waals surface area contributed by atoms with Crippen LogP contribution < -0.4 is 4.74 Å². The number of aromatic nitrogens is 4. The highest BCUT2D eigenvalue weighted by atomic mass is 16.5. The summed E-state index contributed by atoms with van der Waals surface area (Å²) in [7, 11) is 1.45. The summed E-state index contributed by atoms with van der Waals surface area (Å²) in [4.78, 5) is 29.0. The average molecular weight is 266 g/mol. The molecule has 1 aromatic carbocycles. The number of ether oxygens (including phenoxy) is 1. The minimum absolute atomic E-state index is 0.160. The van der Waals surface area contributed by atoms with Gasteiger partial charge in [-0.05, 0) is 12.1 Å². The topological polar surface area (TPSA) is 77.9 Å². The first-order valence-corrected chi connectivity index (χ1v) is 5.90. The van der Waals surface area contributed by atoms with E-state index in [1.807, 2.05) is 0 Å². The number of fused-ring (bicyclic) bond motifs is 1. The van der Waals surface area contributed by atoms with Crippen molar-refractivity contribution in [3.8, 4) is 5.88 Å². The Labute approximate surface area is 114 Å². The van der Waals surface area contributed by atoms with E-state index >= 15 is 0 Å². The number of hydrogen-bond acceptors (Lipinski definition) is 6. The van der Waals surface area contributed by atoms with Crippen molar-refractivity contribution >= 4 is 16.8 Å². The highest BCUT2D eigenvalue weighted by Gasteiger charge is 2.19. The molecule has 2 heterocycles. The van der Waals surface area contributed by atoms with E-state index in [0.29, 0.717) is 16.6 Å². The maximum absolute atomic E-state index is 12.6. The highest BCUT2D eigenvalue weighted by Crippen LogP contribution is 2.20. The predicted molar refractivity (Wildman–Crippen MR) is 71.6 cm³/mol. The summed E-state index contributed by atoms with van der Waals surface area (Å²) in [6, 6.07) is 5.24. The summed E-state index contributed by atoms with van der Waals surface area (Å²) in [6.07, 6.45) is 6.05. The van der Waals surface area contributed by atoms with Crippen molar-refractivity contribution in [2.75, 3.05) is 7.11 Å². The van der Waals surface area contributed by atoms with Gasteiger partial charge in [0.15, 0.2) is 5.69 Å². The maximum atomic E-state index is 12.6. The molecule has 0 saturated heterocycles. The zero-order valence-electron chi connectivity index (χ0n) is 10.6. The van der Waals surface area contributed by atoms with Gasteiger partial charge < -0.3 is 4.74 Å². The number of methoxy groups -OCH3 is 1. The van der Waals surface area contributed by atoms with E-state index in [1.165, 1.54) is 19.5 Å². The van der Waals surface area contributed by atoms with Gasteiger partial charge in [-0.1, -0.05) is 6.07 Å². The molecule has 0 radical (unpaired) electrons. The Kier molecular flexibility index (Phi) is 3.04. The number of carbonyl (C=O) groups excluding carboxylic acids is 1. The summed E-state index contributed by atoms with van der Waals surface area (Å²) in [5, 5.41) is 0. The van der Waals surface area contributed by atoms with Crippen molar-refractivity contribution < 1.29 is 9.53 Å². The van der Waals surface area contributed by atoms with Crippen molar-refractivity contribution in [2.24, 2.45) is 0 Å². The van der Waals surface area contributed by atoms with Crippen LogP contribution in [0.5, 0.6) is 5.88 Å². The second-order valence-corrected chi connectivity index (χ2v) is 3.97. The van der Waals surface area contributed by atoms with E-state index in [4.69, 9.17) is 4.74 Å². The molecule has 0 fully saturated rings. The minimum atomic E-state index is -0.291. The number of nitrogens with zero attached hydrogens (tertiary/aromatic N) is 4. The number of hydrogen-bond donors (Lipinski definition) is 0. The first kappa shape index (κ1) is 12.2. The number of benzene rings is 1. The second kappa shape index (κ2) is 5.00. The normalized spacial score (nSPS) is 10.4. The molecule has 0 unspecified atom stereocenters. The van der Waals surface area contributed by atoms with Gasteiger partial charge in [0, 0.05) is 24.8 Å². The fraction of sp³-hybridized carbons (Fsp3) is 0.0714. The van der Waals surface area contributed by atoms with E-state index in [2.05, 4.69) is 19.9 Å². The lowest BCUT2D eigenvalue weighted by Crippen LogP contribution is -2.09. The van der Waals surface area contributed by atoms with Crippen molar-refractivity contribution in [3.63, 3.8) is 0 Å². The van der Waals surface area contributed by atoms with Gasteiger partial charge in [0.1, 0.15) is 0 Å². The lowest BCUT2D eigenvalue weighted by atomic mass is 10.1. The molecule has 0 aliphatic rings. The van der Waals surface area contributed by atoms with Crippen molar-refractivity contribution in [3.05, 3.63) is 54.2 Å². The summed E-state index contributed by atoms with van der Waals surface area (Å²) in [5.74, 6) is -0.0977. The Morgan fingerprint density at radius 1 is 1.00 bits per heavy atom. The molecule has 6 nitrogen and oxygen atoms in total. The van der Waals surface area contributed by atoms with Crippen LogP contribution in [-0.4, -0.2) is 32.8 Å². The third-order valence-corrected chi connectivity index (χ3v) is 2.82. The standard InChI is InChI=1S/C14H10N4O2/c1-20-14-12(17-7-8-18-14)13(19)9-3-2-4-10-11(9)16-6-5-15-10/h2-8H,1H3. The maximum Gasteiger partial charge on any atom is 0.243 e. The number of carbonyl (C=O) groups is 1. The largest absolute Gasteiger partial charge is 0.479 e. The smallest absolute Gasteiger partial charge is 0.243 e. The average Bonchev–Trinajstić information content (AvgIpc) is 2.53. The molecule has 0 bridgehead atoms. The molecule has 6 heteroatoms. The van der Waals surface area contributed by atoms with Crippen LogP contribution in [0, 0.1) is 0 Å². The van der Waals surface area contributed by atoms with E-state index in [0.717, 1.165) is 0 Å². The summed E-state index contributed by atoms with van der Waals surface area (Å²) in [5.41, 5.74) is 1.77. The van der Waals surface area contributed by atoms with Gasteiger partial charge in [0.25, 0.3) is 0 Å². The van der Waals surface area contributed by atoms with Gasteiger partial charge in [-0.25, -0.2) is 9.97 Å². The van der Waals surface area contributed by atoms with Crippen molar-refractivity contribution in [1.82, 2.24) is 19.9 Å². The molecule has 0 spiro atoms. The molecular formula is C14H10N4O2. The molecule has 0 aliphatic carbocycles. The zero-order valence-corrected chi connectivity index (χ0v) is 10.6. The molecule has 0 atom stereocenters. The SMILES string of the molecule is COc1nccnc1C(=O)c1cccc2nccnc12. The zero-order chi connectivity index (χ0) is 13.9. The third-order valence-electron chi connectivity index (χ3n) is 2.82.